The minimum Gasteiger partial charge on any atom is -0.299 e. The number of unbranched alkanes of at least 4 members (excludes halogenated alkanes) is 4. The van der Waals surface area contributed by atoms with Crippen molar-refractivity contribution >= 4 is 5.69 Å². The van der Waals surface area contributed by atoms with E-state index in [1.165, 1.54) is 50.2 Å². The summed E-state index contributed by atoms with van der Waals surface area (Å²) in [6.45, 7) is 16.1. The van der Waals surface area contributed by atoms with E-state index in [0.29, 0.717) is 16.8 Å². The zero-order valence-electron chi connectivity index (χ0n) is 45.0. The highest BCUT2D eigenvalue weighted by Gasteiger charge is 2.18. The molecule has 3 heterocycles. The largest absolute Gasteiger partial charge is 0.299 e. The zero-order chi connectivity index (χ0) is 54.0. The number of para-hydroxylation sites is 3. The molecular weight excluding hydrogens is 955 g/mol. The quantitative estimate of drug-likeness (QED) is 0.0558. The highest BCUT2D eigenvalue weighted by molar-refractivity contribution is 5.68. The van der Waals surface area contributed by atoms with E-state index in [1.54, 1.807) is 0 Å². The standard InChI is InChI=1S/C69H63N9/c1-48-16-11-17-49(2)64(48)76-39-36-74-68(76)59-34-32-54(61(43-59)46-70)30-28-52-20-14-21-53(42-52)29-31-55-33-35-60(44-62(55)47-71)69-75-38-41-78(69)66-51(4)19-13-25-57(66)23-10-8-6-7-9-22-56-24-12-18-50(3)65(56)77-40-37-73-67(77)58-26-15-27-63(45-58)72-5/h11-21,24-27,32-45H,6-10,22-23,28-31H2,1-4H3. The van der Waals surface area contributed by atoms with E-state index < -0.39 is 0 Å². The molecule has 9 heteroatoms. The summed E-state index contributed by atoms with van der Waals surface area (Å²) in [4.78, 5) is 17.9. The van der Waals surface area contributed by atoms with Crippen LogP contribution in [-0.2, 0) is 38.5 Å². The Labute approximate surface area is 459 Å². The summed E-state index contributed by atoms with van der Waals surface area (Å²) in [5.74, 6) is 2.50. The molecular formula is C69H63N9. The Morgan fingerprint density at radius 3 is 1.29 bits per heavy atom. The Balaban J connectivity index is 0.743. The molecule has 10 rings (SSSR count). The van der Waals surface area contributed by atoms with E-state index in [2.05, 4.69) is 162 Å². The average Bonchev–Trinajstić information content (AvgIpc) is 4.31. The molecule has 0 amide bonds. The first kappa shape index (κ1) is 52.1. The van der Waals surface area contributed by atoms with Crippen LogP contribution in [0.3, 0.4) is 0 Å². The fourth-order valence-corrected chi connectivity index (χ4v) is 11.3. The molecule has 0 aliphatic carbocycles. The van der Waals surface area contributed by atoms with E-state index in [1.807, 2.05) is 73.6 Å². The van der Waals surface area contributed by atoms with Crippen LogP contribution in [0.4, 0.5) is 5.69 Å². The van der Waals surface area contributed by atoms with Crippen LogP contribution < -0.4 is 0 Å². The maximum absolute atomic E-state index is 10.5. The van der Waals surface area contributed by atoms with Gasteiger partial charge >= 0.3 is 0 Å². The van der Waals surface area contributed by atoms with Gasteiger partial charge in [0, 0.05) is 53.9 Å². The molecule has 0 N–H and O–H groups in total. The SMILES string of the molecule is [C-]#[N+]c1cccc(-c2nccn2-c2c(C)cccc2CCCCCCCc2cccc(C)c2-n2ccnc2-c2ccc(CCc3cccc(CCc4ccc(-c5nccn5-c5c(C)cccc5C)cc4C#N)c3)c(C#N)c2)c1. The molecule has 0 atom stereocenters. The third-order valence-electron chi connectivity index (χ3n) is 15.2. The zero-order valence-corrected chi connectivity index (χ0v) is 45.0. The second-order valence-corrected chi connectivity index (χ2v) is 20.5. The van der Waals surface area contributed by atoms with Crippen molar-refractivity contribution in [2.45, 2.75) is 98.3 Å². The Morgan fingerprint density at radius 2 is 0.821 bits per heavy atom. The Bertz CT molecular complexity index is 3880. The van der Waals surface area contributed by atoms with Gasteiger partial charge in [-0.1, -0.05) is 141 Å². The van der Waals surface area contributed by atoms with Gasteiger partial charge in [-0.2, -0.15) is 10.5 Å². The number of nitrogens with zero attached hydrogens (tertiary/aromatic N) is 9. The molecule has 78 heavy (non-hydrogen) atoms. The summed E-state index contributed by atoms with van der Waals surface area (Å²) >= 11 is 0. The predicted octanol–water partition coefficient (Wildman–Crippen LogP) is 16.1. The number of imidazole rings is 3. The number of aromatic nitrogens is 6. The second kappa shape index (κ2) is 24.1. The maximum atomic E-state index is 10.5. The molecule has 0 aliphatic heterocycles. The Kier molecular flexibility index (Phi) is 16.1. The fraction of sp³-hybridized carbons (Fsp3) is 0.217. The van der Waals surface area contributed by atoms with Crippen LogP contribution in [-0.4, -0.2) is 28.7 Å². The molecule has 0 aliphatic rings. The minimum absolute atomic E-state index is 0.611. The summed E-state index contributed by atoms with van der Waals surface area (Å²) in [5.41, 5.74) is 20.0. The van der Waals surface area contributed by atoms with Crippen LogP contribution in [0.15, 0.2) is 177 Å². The lowest BCUT2D eigenvalue weighted by molar-refractivity contribution is 0.612. The lowest BCUT2D eigenvalue weighted by atomic mass is 9.95. The first-order valence-corrected chi connectivity index (χ1v) is 27.2. The summed E-state index contributed by atoms with van der Waals surface area (Å²) in [5, 5.41) is 20.7. The van der Waals surface area contributed by atoms with Crippen LogP contribution in [0.2, 0.25) is 0 Å². The summed E-state index contributed by atoms with van der Waals surface area (Å²) in [6, 6.07) is 53.1. The lowest BCUT2D eigenvalue weighted by Gasteiger charge is -2.17. The molecule has 0 radical (unpaired) electrons. The molecule has 0 unspecified atom stereocenters. The van der Waals surface area contributed by atoms with Crippen molar-refractivity contribution in [3.63, 3.8) is 0 Å². The van der Waals surface area contributed by atoms with Gasteiger partial charge in [0.1, 0.15) is 17.5 Å². The number of aryl methyl sites for hydroxylation is 10. The van der Waals surface area contributed by atoms with Gasteiger partial charge in [0.25, 0.3) is 0 Å². The van der Waals surface area contributed by atoms with Gasteiger partial charge in [-0.05, 0) is 153 Å². The van der Waals surface area contributed by atoms with Crippen molar-refractivity contribution in [1.29, 1.82) is 10.5 Å². The summed E-state index contributed by atoms with van der Waals surface area (Å²) < 4.78 is 6.50. The van der Waals surface area contributed by atoms with Crippen molar-refractivity contribution < 1.29 is 0 Å². The Hall–Kier alpha value is -9.36. The molecule has 9 nitrogen and oxygen atoms in total. The molecule has 0 saturated carbocycles. The summed E-state index contributed by atoms with van der Waals surface area (Å²) in [6.07, 6.45) is 22.3. The van der Waals surface area contributed by atoms with E-state index in [4.69, 9.17) is 21.5 Å². The highest BCUT2D eigenvalue weighted by atomic mass is 15.1. The molecule has 3 aromatic heterocycles. The number of nitriles is 2. The van der Waals surface area contributed by atoms with Crippen molar-refractivity contribution in [2.75, 3.05) is 0 Å². The average molecular weight is 1020 g/mol. The molecule has 10 aromatic rings. The van der Waals surface area contributed by atoms with Crippen LogP contribution in [0.5, 0.6) is 0 Å². The topological polar surface area (TPSA) is 105 Å². The molecule has 0 fully saturated rings. The van der Waals surface area contributed by atoms with E-state index in [-0.39, 0.29) is 0 Å². The van der Waals surface area contributed by atoms with Crippen LogP contribution in [0, 0.1) is 56.9 Å². The monoisotopic (exact) mass is 1020 g/mol. The van der Waals surface area contributed by atoms with Crippen molar-refractivity contribution in [3.8, 4) is 63.4 Å². The number of rotatable bonds is 20. The van der Waals surface area contributed by atoms with Crippen molar-refractivity contribution in [3.05, 3.63) is 255 Å². The summed E-state index contributed by atoms with van der Waals surface area (Å²) in [7, 11) is 0. The van der Waals surface area contributed by atoms with Gasteiger partial charge in [0.15, 0.2) is 5.69 Å². The highest BCUT2D eigenvalue weighted by Crippen LogP contribution is 2.33. The number of benzene rings is 7. The van der Waals surface area contributed by atoms with Crippen molar-refractivity contribution in [1.82, 2.24) is 28.7 Å². The van der Waals surface area contributed by atoms with Crippen LogP contribution >= 0.6 is 0 Å². The molecule has 7 aromatic carbocycles. The fourth-order valence-electron chi connectivity index (χ4n) is 11.3. The molecule has 0 saturated heterocycles. The third-order valence-corrected chi connectivity index (χ3v) is 15.2. The Morgan fingerprint density at radius 1 is 0.410 bits per heavy atom. The molecule has 384 valence electrons. The first-order chi connectivity index (χ1) is 38.2. The second-order valence-electron chi connectivity index (χ2n) is 20.5. The van der Waals surface area contributed by atoms with Gasteiger partial charge in [-0.15, -0.1) is 0 Å². The first-order valence-electron chi connectivity index (χ1n) is 27.2. The molecule has 0 spiro atoms. The maximum Gasteiger partial charge on any atom is 0.187 e. The van der Waals surface area contributed by atoms with Gasteiger partial charge in [-0.25, -0.2) is 19.8 Å². The van der Waals surface area contributed by atoms with E-state index >= 15 is 0 Å². The lowest BCUT2D eigenvalue weighted by Crippen LogP contribution is -2.05. The van der Waals surface area contributed by atoms with E-state index in [9.17, 15) is 10.5 Å². The van der Waals surface area contributed by atoms with E-state index in [0.717, 1.165) is 127 Å². The third kappa shape index (κ3) is 11.4. The molecule has 0 bridgehead atoms. The van der Waals surface area contributed by atoms with Gasteiger partial charge < -0.3 is 0 Å². The normalized spacial score (nSPS) is 11.1. The number of hydrogen-bond donors (Lipinski definition) is 0. The van der Waals surface area contributed by atoms with Gasteiger partial charge in [0.05, 0.1) is 46.9 Å². The minimum atomic E-state index is 0.611. The number of hydrogen-bond acceptors (Lipinski definition) is 5. The van der Waals surface area contributed by atoms with Crippen molar-refractivity contribution in [2.24, 2.45) is 0 Å². The van der Waals surface area contributed by atoms with Crippen LogP contribution in [0.25, 0.3) is 56.1 Å². The van der Waals surface area contributed by atoms with Gasteiger partial charge in [-0.3, -0.25) is 13.7 Å². The van der Waals surface area contributed by atoms with Gasteiger partial charge in [0.2, 0.25) is 0 Å². The smallest absolute Gasteiger partial charge is 0.187 e. The predicted molar refractivity (Wildman–Crippen MR) is 313 cm³/mol. The van der Waals surface area contributed by atoms with Crippen LogP contribution in [0.1, 0.15) is 98.9 Å².